The van der Waals surface area contributed by atoms with E-state index in [-0.39, 0.29) is 11.8 Å². The van der Waals surface area contributed by atoms with Crippen molar-refractivity contribution in [2.24, 2.45) is 5.92 Å². The van der Waals surface area contributed by atoms with Crippen molar-refractivity contribution in [3.63, 3.8) is 0 Å². The maximum absolute atomic E-state index is 12.9. The van der Waals surface area contributed by atoms with E-state index in [4.69, 9.17) is 5.11 Å². The molecule has 2 rings (SSSR count). The smallest absolute Gasteiger partial charge is 0.306 e. The van der Waals surface area contributed by atoms with Gasteiger partial charge in [-0.05, 0) is 30.5 Å². The first-order valence-electron chi connectivity index (χ1n) is 5.83. The van der Waals surface area contributed by atoms with Gasteiger partial charge in [0.1, 0.15) is 5.82 Å². The van der Waals surface area contributed by atoms with E-state index in [2.05, 4.69) is 4.72 Å². The highest BCUT2D eigenvalue weighted by Gasteiger charge is 2.36. The van der Waals surface area contributed by atoms with E-state index in [0.717, 1.165) is 0 Å². The monoisotopic (exact) mass is 287 g/mol. The highest BCUT2D eigenvalue weighted by molar-refractivity contribution is 7.88. The minimum atomic E-state index is -3.57. The molecule has 1 aromatic rings. The zero-order valence-corrected chi connectivity index (χ0v) is 10.9. The fraction of sp³-hybridized carbons (Fsp3) is 0.417. The number of nitrogens with one attached hydrogen (secondary N) is 1. The second-order valence-electron chi connectivity index (χ2n) is 4.71. The summed E-state index contributed by atoms with van der Waals surface area (Å²) in [6.45, 7) is 0. The fourth-order valence-corrected chi connectivity index (χ4v) is 3.46. The number of carbonyl (C=O) groups is 1. The molecule has 19 heavy (non-hydrogen) atoms. The number of carboxylic acid groups (broad SMARTS) is 1. The molecule has 1 aliphatic rings. The van der Waals surface area contributed by atoms with Crippen molar-refractivity contribution in [3.8, 4) is 0 Å². The lowest BCUT2D eigenvalue weighted by atomic mass is 9.81. The lowest BCUT2D eigenvalue weighted by Gasteiger charge is -2.32. The van der Waals surface area contributed by atoms with Crippen LogP contribution in [0.15, 0.2) is 24.3 Å². The predicted molar refractivity (Wildman–Crippen MR) is 66.3 cm³/mol. The standard InChI is InChI=1S/C12H14FNO4S/c13-10-3-1-2-8(4-10)7-19(17,18)14-11-5-9(6-11)12(15)16/h1-4,9,11,14H,5-7H2,(H,15,16). The van der Waals surface area contributed by atoms with E-state index >= 15 is 0 Å². The van der Waals surface area contributed by atoms with Gasteiger partial charge in [0.15, 0.2) is 0 Å². The van der Waals surface area contributed by atoms with Gasteiger partial charge in [-0.2, -0.15) is 0 Å². The summed E-state index contributed by atoms with van der Waals surface area (Å²) in [5.41, 5.74) is 0.363. The summed E-state index contributed by atoms with van der Waals surface area (Å²) < 4.78 is 39.0. The van der Waals surface area contributed by atoms with Gasteiger partial charge in [0, 0.05) is 6.04 Å². The first-order valence-corrected chi connectivity index (χ1v) is 7.48. The van der Waals surface area contributed by atoms with Gasteiger partial charge in [-0.25, -0.2) is 17.5 Å². The van der Waals surface area contributed by atoms with Crippen molar-refractivity contribution in [1.29, 1.82) is 0 Å². The van der Waals surface area contributed by atoms with Gasteiger partial charge in [0.25, 0.3) is 0 Å². The number of hydrogen-bond acceptors (Lipinski definition) is 3. The Morgan fingerprint density at radius 1 is 1.42 bits per heavy atom. The fourth-order valence-electron chi connectivity index (χ4n) is 2.06. The molecular weight excluding hydrogens is 273 g/mol. The van der Waals surface area contributed by atoms with Crippen LogP contribution in [0.3, 0.4) is 0 Å². The SMILES string of the molecule is O=C(O)C1CC(NS(=O)(=O)Cc2cccc(F)c2)C1. The van der Waals surface area contributed by atoms with Crippen molar-refractivity contribution < 1.29 is 22.7 Å². The van der Waals surface area contributed by atoms with Crippen LogP contribution in [-0.4, -0.2) is 25.5 Å². The van der Waals surface area contributed by atoms with Crippen molar-refractivity contribution >= 4 is 16.0 Å². The maximum Gasteiger partial charge on any atom is 0.306 e. The molecule has 1 aromatic carbocycles. The van der Waals surface area contributed by atoms with Gasteiger partial charge in [0.05, 0.1) is 11.7 Å². The lowest BCUT2D eigenvalue weighted by Crippen LogP contribution is -2.46. The minimum absolute atomic E-state index is 0.303. The highest BCUT2D eigenvalue weighted by Crippen LogP contribution is 2.28. The summed E-state index contributed by atoms with van der Waals surface area (Å²) in [5, 5.41) is 8.70. The van der Waals surface area contributed by atoms with Gasteiger partial charge in [-0.3, -0.25) is 4.79 Å². The van der Waals surface area contributed by atoms with Crippen LogP contribution in [0.1, 0.15) is 18.4 Å². The summed E-state index contributed by atoms with van der Waals surface area (Å²) >= 11 is 0. The largest absolute Gasteiger partial charge is 0.481 e. The Kier molecular flexibility index (Phi) is 3.86. The number of carboxylic acids is 1. The van der Waals surface area contributed by atoms with Gasteiger partial charge in [0.2, 0.25) is 10.0 Å². The average Bonchev–Trinajstić information content (AvgIpc) is 2.21. The summed E-state index contributed by atoms with van der Waals surface area (Å²) in [6.07, 6.45) is 0.607. The molecule has 0 aromatic heterocycles. The van der Waals surface area contributed by atoms with Crippen LogP contribution in [0.5, 0.6) is 0 Å². The Bertz CT molecular complexity index is 581. The Labute approximate surface area is 110 Å². The van der Waals surface area contributed by atoms with Gasteiger partial charge in [-0.15, -0.1) is 0 Å². The Morgan fingerprint density at radius 3 is 2.68 bits per heavy atom. The predicted octanol–water partition coefficient (Wildman–Crippen LogP) is 1.11. The Morgan fingerprint density at radius 2 is 2.11 bits per heavy atom. The second-order valence-corrected chi connectivity index (χ2v) is 6.46. The zero-order chi connectivity index (χ0) is 14.0. The number of halogens is 1. The summed E-state index contributed by atoms with van der Waals surface area (Å²) in [4.78, 5) is 10.6. The third kappa shape index (κ3) is 3.74. The Hall–Kier alpha value is -1.47. The molecular formula is C12H14FNO4S. The third-order valence-corrected chi connectivity index (χ3v) is 4.49. The zero-order valence-electron chi connectivity index (χ0n) is 10.0. The van der Waals surface area contributed by atoms with E-state index in [0.29, 0.717) is 18.4 Å². The van der Waals surface area contributed by atoms with Crippen LogP contribution < -0.4 is 4.72 Å². The molecule has 0 bridgehead atoms. The topological polar surface area (TPSA) is 83.5 Å². The van der Waals surface area contributed by atoms with E-state index in [9.17, 15) is 17.6 Å². The molecule has 0 radical (unpaired) electrons. The molecule has 104 valence electrons. The van der Waals surface area contributed by atoms with Crippen molar-refractivity contribution in [1.82, 2.24) is 4.72 Å². The minimum Gasteiger partial charge on any atom is -0.481 e. The first-order chi connectivity index (χ1) is 8.85. The molecule has 1 aliphatic carbocycles. The summed E-state index contributed by atoms with van der Waals surface area (Å²) in [6, 6.07) is 5.06. The number of hydrogen-bond donors (Lipinski definition) is 2. The molecule has 2 N–H and O–H groups in total. The molecule has 0 atom stereocenters. The van der Waals surface area contributed by atoms with Crippen LogP contribution in [-0.2, 0) is 20.6 Å². The summed E-state index contributed by atoms with van der Waals surface area (Å²) in [5.74, 6) is -2.16. The molecule has 0 spiro atoms. The third-order valence-electron chi connectivity index (χ3n) is 3.08. The normalized spacial score (nSPS) is 22.8. The van der Waals surface area contributed by atoms with Gasteiger partial charge >= 0.3 is 5.97 Å². The lowest BCUT2D eigenvalue weighted by molar-refractivity contribution is -0.145. The number of sulfonamides is 1. The van der Waals surface area contributed by atoms with Crippen molar-refractivity contribution in [3.05, 3.63) is 35.6 Å². The first kappa shape index (κ1) is 14.0. The van der Waals surface area contributed by atoms with Gasteiger partial charge in [-0.1, -0.05) is 12.1 Å². The quantitative estimate of drug-likeness (QED) is 0.849. The van der Waals surface area contributed by atoms with Crippen molar-refractivity contribution in [2.75, 3.05) is 0 Å². The highest BCUT2D eigenvalue weighted by atomic mass is 32.2. The van der Waals surface area contributed by atoms with Crippen LogP contribution >= 0.6 is 0 Å². The number of benzene rings is 1. The van der Waals surface area contributed by atoms with Crippen LogP contribution in [0.25, 0.3) is 0 Å². The van der Waals surface area contributed by atoms with Crippen LogP contribution in [0.2, 0.25) is 0 Å². The molecule has 0 unspecified atom stereocenters. The molecule has 1 fully saturated rings. The second kappa shape index (κ2) is 5.26. The van der Waals surface area contributed by atoms with Crippen molar-refractivity contribution in [2.45, 2.75) is 24.6 Å². The number of aliphatic carboxylic acids is 1. The number of rotatable bonds is 5. The van der Waals surface area contributed by atoms with E-state index in [1.165, 1.54) is 24.3 Å². The summed E-state index contributed by atoms with van der Waals surface area (Å²) in [7, 11) is -3.57. The molecule has 1 saturated carbocycles. The molecule has 0 saturated heterocycles. The maximum atomic E-state index is 12.9. The van der Waals surface area contributed by atoms with E-state index in [1.807, 2.05) is 0 Å². The molecule has 7 heteroatoms. The Balaban J connectivity index is 1.91. The van der Waals surface area contributed by atoms with Crippen LogP contribution in [0.4, 0.5) is 4.39 Å². The molecule has 5 nitrogen and oxygen atoms in total. The van der Waals surface area contributed by atoms with Crippen LogP contribution in [0, 0.1) is 11.7 Å². The van der Waals surface area contributed by atoms with Gasteiger partial charge < -0.3 is 5.11 Å². The molecule has 0 amide bonds. The average molecular weight is 287 g/mol. The van der Waals surface area contributed by atoms with E-state index in [1.54, 1.807) is 0 Å². The molecule has 0 heterocycles. The molecule has 0 aliphatic heterocycles. The van der Waals surface area contributed by atoms with E-state index < -0.39 is 27.7 Å².